The predicted molar refractivity (Wildman–Crippen MR) is 58.0 cm³/mol. The Morgan fingerprint density at radius 1 is 1.57 bits per heavy atom. The molecule has 4 N–H and O–H groups in total. The number of aromatic amines is 1. The van der Waals surface area contributed by atoms with Gasteiger partial charge in [0.2, 0.25) is 0 Å². The number of rotatable bonds is 2. The SMILES string of the molecule is CC1CCCC(Nc2cn[nH]c2N)C1. The quantitative estimate of drug-likeness (QED) is 0.674. The van der Waals surface area contributed by atoms with Crippen molar-refractivity contribution in [2.45, 2.75) is 38.6 Å². The molecular weight excluding hydrogens is 176 g/mol. The molecule has 0 aliphatic heterocycles. The highest BCUT2D eigenvalue weighted by Crippen LogP contribution is 2.27. The van der Waals surface area contributed by atoms with Crippen LogP contribution < -0.4 is 11.1 Å². The monoisotopic (exact) mass is 194 g/mol. The Morgan fingerprint density at radius 3 is 3.07 bits per heavy atom. The van der Waals surface area contributed by atoms with Gasteiger partial charge in [0.25, 0.3) is 0 Å². The van der Waals surface area contributed by atoms with E-state index < -0.39 is 0 Å². The summed E-state index contributed by atoms with van der Waals surface area (Å²) in [7, 11) is 0. The third-order valence-electron chi connectivity index (χ3n) is 2.96. The fraction of sp³-hybridized carbons (Fsp3) is 0.700. The van der Waals surface area contributed by atoms with E-state index in [1.807, 2.05) is 0 Å². The first-order valence-corrected chi connectivity index (χ1v) is 5.31. The number of nitrogens with one attached hydrogen (secondary N) is 2. The second kappa shape index (κ2) is 3.90. The summed E-state index contributed by atoms with van der Waals surface area (Å²) >= 11 is 0. The molecule has 1 aliphatic rings. The first kappa shape index (κ1) is 9.37. The van der Waals surface area contributed by atoms with E-state index in [1.54, 1.807) is 6.20 Å². The lowest BCUT2D eigenvalue weighted by Crippen LogP contribution is -2.26. The Bertz CT molecular complexity index is 294. The largest absolute Gasteiger partial charge is 0.382 e. The number of nitrogens with zero attached hydrogens (tertiary/aromatic N) is 1. The van der Waals surface area contributed by atoms with Crippen LogP contribution in [0.15, 0.2) is 6.20 Å². The third-order valence-corrected chi connectivity index (χ3v) is 2.96. The molecule has 0 aromatic carbocycles. The van der Waals surface area contributed by atoms with Gasteiger partial charge in [0.15, 0.2) is 0 Å². The van der Waals surface area contributed by atoms with Crippen LogP contribution >= 0.6 is 0 Å². The first-order chi connectivity index (χ1) is 6.75. The minimum atomic E-state index is 0.568. The van der Waals surface area contributed by atoms with E-state index in [0.29, 0.717) is 11.9 Å². The van der Waals surface area contributed by atoms with Gasteiger partial charge < -0.3 is 11.1 Å². The van der Waals surface area contributed by atoms with Crippen molar-refractivity contribution in [2.75, 3.05) is 11.1 Å². The van der Waals surface area contributed by atoms with Crippen molar-refractivity contribution in [3.63, 3.8) is 0 Å². The normalized spacial score (nSPS) is 27.5. The van der Waals surface area contributed by atoms with E-state index in [-0.39, 0.29) is 0 Å². The molecule has 2 atom stereocenters. The predicted octanol–water partition coefficient (Wildman–Crippen LogP) is 1.98. The van der Waals surface area contributed by atoms with E-state index in [4.69, 9.17) is 5.73 Å². The molecule has 14 heavy (non-hydrogen) atoms. The van der Waals surface area contributed by atoms with Gasteiger partial charge in [-0.25, -0.2) is 0 Å². The van der Waals surface area contributed by atoms with Crippen LogP contribution in [-0.4, -0.2) is 16.2 Å². The Kier molecular flexibility index (Phi) is 2.61. The van der Waals surface area contributed by atoms with Crippen molar-refractivity contribution in [2.24, 2.45) is 5.92 Å². The molecule has 0 radical (unpaired) electrons. The van der Waals surface area contributed by atoms with Gasteiger partial charge in [0.1, 0.15) is 5.82 Å². The van der Waals surface area contributed by atoms with Gasteiger partial charge in [0, 0.05) is 6.04 Å². The van der Waals surface area contributed by atoms with Gasteiger partial charge in [-0.15, -0.1) is 0 Å². The average Bonchev–Trinajstić information content (AvgIpc) is 2.52. The molecule has 1 heterocycles. The van der Waals surface area contributed by atoms with Crippen molar-refractivity contribution in [1.29, 1.82) is 0 Å². The van der Waals surface area contributed by atoms with Gasteiger partial charge in [-0.2, -0.15) is 5.10 Å². The fourth-order valence-corrected chi connectivity index (χ4v) is 2.20. The lowest BCUT2D eigenvalue weighted by atomic mass is 9.87. The summed E-state index contributed by atoms with van der Waals surface area (Å²) in [5.41, 5.74) is 6.66. The number of nitrogen functional groups attached to an aromatic ring is 1. The van der Waals surface area contributed by atoms with Gasteiger partial charge in [-0.3, -0.25) is 5.10 Å². The molecule has 2 rings (SSSR count). The molecule has 0 spiro atoms. The summed E-state index contributed by atoms with van der Waals surface area (Å²) in [6, 6.07) is 0.568. The number of H-pyrrole nitrogens is 1. The standard InChI is InChI=1S/C10H18N4/c1-7-3-2-4-8(5-7)13-9-6-12-14-10(9)11/h6-8,13H,2-5H2,1H3,(H3,11,12,14). The summed E-state index contributed by atoms with van der Waals surface area (Å²) in [5.74, 6) is 1.47. The molecular formula is C10H18N4. The lowest BCUT2D eigenvalue weighted by Gasteiger charge is -2.27. The van der Waals surface area contributed by atoms with Crippen LogP contribution in [-0.2, 0) is 0 Å². The number of hydrogen-bond acceptors (Lipinski definition) is 3. The second-order valence-corrected chi connectivity index (χ2v) is 4.31. The molecule has 0 bridgehead atoms. The zero-order valence-corrected chi connectivity index (χ0v) is 8.59. The zero-order valence-electron chi connectivity index (χ0n) is 8.59. The molecule has 1 fully saturated rings. The second-order valence-electron chi connectivity index (χ2n) is 4.31. The van der Waals surface area contributed by atoms with Crippen molar-refractivity contribution < 1.29 is 0 Å². The van der Waals surface area contributed by atoms with Gasteiger partial charge in [-0.05, 0) is 18.8 Å². The number of nitrogens with two attached hydrogens (primary N) is 1. The van der Waals surface area contributed by atoms with E-state index >= 15 is 0 Å². The minimum absolute atomic E-state index is 0.568. The Balaban J connectivity index is 1.94. The van der Waals surface area contributed by atoms with Crippen LogP contribution in [0.1, 0.15) is 32.6 Å². The van der Waals surface area contributed by atoms with Crippen LogP contribution in [0, 0.1) is 5.92 Å². The molecule has 2 unspecified atom stereocenters. The van der Waals surface area contributed by atoms with Crippen LogP contribution in [0.3, 0.4) is 0 Å². The van der Waals surface area contributed by atoms with Crippen molar-refractivity contribution in [3.05, 3.63) is 6.20 Å². The molecule has 0 amide bonds. The molecule has 1 aromatic rings. The molecule has 0 saturated heterocycles. The fourth-order valence-electron chi connectivity index (χ4n) is 2.20. The molecule has 1 aliphatic carbocycles. The molecule has 1 saturated carbocycles. The highest BCUT2D eigenvalue weighted by Gasteiger charge is 2.19. The molecule has 1 aromatic heterocycles. The Morgan fingerprint density at radius 2 is 2.43 bits per heavy atom. The van der Waals surface area contributed by atoms with Gasteiger partial charge >= 0.3 is 0 Å². The smallest absolute Gasteiger partial charge is 0.142 e. The Labute approximate surface area is 84.3 Å². The maximum Gasteiger partial charge on any atom is 0.142 e. The number of anilines is 2. The Hall–Kier alpha value is -1.19. The van der Waals surface area contributed by atoms with E-state index in [0.717, 1.165) is 11.6 Å². The van der Waals surface area contributed by atoms with Crippen LogP contribution in [0.2, 0.25) is 0 Å². The minimum Gasteiger partial charge on any atom is -0.382 e. The lowest BCUT2D eigenvalue weighted by molar-refractivity contribution is 0.359. The maximum absolute atomic E-state index is 5.71. The highest BCUT2D eigenvalue weighted by atomic mass is 15.2. The van der Waals surface area contributed by atoms with Crippen LogP contribution in [0.4, 0.5) is 11.5 Å². The molecule has 4 nitrogen and oxygen atoms in total. The van der Waals surface area contributed by atoms with E-state index in [1.165, 1.54) is 25.7 Å². The number of hydrogen-bond donors (Lipinski definition) is 3. The van der Waals surface area contributed by atoms with Crippen molar-refractivity contribution in [1.82, 2.24) is 10.2 Å². The first-order valence-electron chi connectivity index (χ1n) is 5.31. The van der Waals surface area contributed by atoms with Gasteiger partial charge in [-0.1, -0.05) is 19.8 Å². The summed E-state index contributed by atoms with van der Waals surface area (Å²) in [5, 5.41) is 10.1. The third kappa shape index (κ3) is 2.00. The van der Waals surface area contributed by atoms with Crippen molar-refractivity contribution in [3.8, 4) is 0 Å². The molecule has 78 valence electrons. The molecule has 4 heteroatoms. The van der Waals surface area contributed by atoms with Crippen LogP contribution in [0.25, 0.3) is 0 Å². The zero-order chi connectivity index (χ0) is 9.97. The van der Waals surface area contributed by atoms with E-state index in [2.05, 4.69) is 22.4 Å². The topological polar surface area (TPSA) is 66.7 Å². The summed E-state index contributed by atoms with van der Waals surface area (Å²) in [6.45, 7) is 2.31. The summed E-state index contributed by atoms with van der Waals surface area (Å²) < 4.78 is 0. The number of aromatic nitrogens is 2. The van der Waals surface area contributed by atoms with Gasteiger partial charge in [0.05, 0.1) is 11.9 Å². The highest BCUT2D eigenvalue weighted by molar-refractivity contribution is 5.60. The van der Waals surface area contributed by atoms with E-state index in [9.17, 15) is 0 Å². The average molecular weight is 194 g/mol. The maximum atomic E-state index is 5.71. The summed E-state index contributed by atoms with van der Waals surface area (Å²) in [4.78, 5) is 0. The van der Waals surface area contributed by atoms with Crippen molar-refractivity contribution >= 4 is 11.5 Å². The summed E-state index contributed by atoms with van der Waals surface area (Å²) in [6.07, 6.45) is 6.92. The van der Waals surface area contributed by atoms with Crippen LogP contribution in [0.5, 0.6) is 0 Å².